The van der Waals surface area contributed by atoms with E-state index in [1.165, 1.54) is 0 Å². The van der Waals surface area contributed by atoms with Crippen molar-refractivity contribution in [2.45, 2.75) is 45.6 Å². The van der Waals surface area contributed by atoms with Crippen molar-refractivity contribution in [2.75, 3.05) is 19.8 Å². The summed E-state index contributed by atoms with van der Waals surface area (Å²) in [6.07, 6.45) is 2.84. The highest BCUT2D eigenvalue weighted by atomic mass is 16.5. The Balaban J connectivity index is 3.70. The summed E-state index contributed by atoms with van der Waals surface area (Å²) in [7, 11) is 0. The molecule has 82 valence electrons. The lowest BCUT2D eigenvalue weighted by atomic mass is 10.0. The SMILES string of the molecule is CCCNC(C)(C#N)CCOCCC. The minimum Gasteiger partial charge on any atom is -0.381 e. The number of hydrogen-bond donors (Lipinski definition) is 1. The van der Waals surface area contributed by atoms with Crippen molar-refractivity contribution < 1.29 is 4.74 Å². The third-order valence-electron chi connectivity index (χ3n) is 2.11. The molecule has 0 aromatic heterocycles. The Morgan fingerprint density at radius 1 is 1.29 bits per heavy atom. The van der Waals surface area contributed by atoms with Crippen molar-refractivity contribution in [3.63, 3.8) is 0 Å². The zero-order chi connectivity index (χ0) is 10.9. The molecule has 1 atom stereocenters. The van der Waals surface area contributed by atoms with Gasteiger partial charge < -0.3 is 4.74 Å². The van der Waals surface area contributed by atoms with Crippen molar-refractivity contribution in [1.82, 2.24) is 5.32 Å². The smallest absolute Gasteiger partial charge is 0.106 e. The maximum atomic E-state index is 9.00. The van der Waals surface area contributed by atoms with Crippen molar-refractivity contribution in [2.24, 2.45) is 0 Å². The summed E-state index contributed by atoms with van der Waals surface area (Å²) in [6.45, 7) is 8.44. The molecule has 0 saturated carbocycles. The van der Waals surface area contributed by atoms with Crippen LogP contribution in [0.1, 0.15) is 40.0 Å². The normalized spacial score (nSPS) is 14.7. The first-order valence-corrected chi connectivity index (χ1v) is 5.42. The second-order valence-corrected chi connectivity index (χ2v) is 3.73. The maximum Gasteiger partial charge on any atom is 0.106 e. The predicted octanol–water partition coefficient (Wildman–Crippen LogP) is 2.08. The van der Waals surface area contributed by atoms with Crippen LogP contribution in [0.25, 0.3) is 0 Å². The van der Waals surface area contributed by atoms with E-state index in [1.807, 2.05) is 6.92 Å². The van der Waals surface area contributed by atoms with Gasteiger partial charge in [-0.15, -0.1) is 0 Å². The molecule has 0 aromatic rings. The predicted molar refractivity (Wildman–Crippen MR) is 58.0 cm³/mol. The average molecular weight is 198 g/mol. The fraction of sp³-hybridized carbons (Fsp3) is 0.909. The quantitative estimate of drug-likeness (QED) is 0.607. The highest BCUT2D eigenvalue weighted by Crippen LogP contribution is 2.08. The maximum absolute atomic E-state index is 9.00. The van der Waals surface area contributed by atoms with Gasteiger partial charge in [0.1, 0.15) is 5.54 Å². The molecule has 0 fully saturated rings. The molecule has 3 heteroatoms. The molecule has 0 spiro atoms. The molecule has 0 aromatic carbocycles. The molecule has 0 rings (SSSR count). The number of nitrogens with zero attached hydrogens (tertiary/aromatic N) is 1. The molecule has 14 heavy (non-hydrogen) atoms. The van der Waals surface area contributed by atoms with E-state index >= 15 is 0 Å². The lowest BCUT2D eigenvalue weighted by Gasteiger charge is -2.22. The molecule has 0 aliphatic heterocycles. The summed E-state index contributed by atoms with van der Waals surface area (Å²) in [4.78, 5) is 0. The Bertz CT molecular complexity index is 177. The molecule has 0 amide bonds. The van der Waals surface area contributed by atoms with Crippen LogP contribution >= 0.6 is 0 Å². The highest BCUT2D eigenvalue weighted by molar-refractivity contribution is 5.03. The van der Waals surface area contributed by atoms with Crippen LogP contribution in [0.4, 0.5) is 0 Å². The van der Waals surface area contributed by atoms with E-state index in [9.17, 15) is 0 Å². The average Bonchev–Trinajstić information content (AvgIpc) is 2.22. The van der Waals surface area contributed by atoms with Gasteiger partial charge in [0, 0.05) is 19.6 Å². The number of ether oxygens (including phenoxy) is 1. The Labute approximate surface area is 87.4 Å². The molecule has 0 radical (unpaired) electrons. The molecule has 0 aliphatic carbocycles. The second kappa shape index (κ2) is 7.78. The van der Waals surface area contributed by atoms with Gasteiger partial charge in [0.15, 0.2) is 0 Å². The first-order chi connectivity index (χ1) is 6.68. The van der Waals surface area contributed by atoms with Crippen LogP contribution in [0, 0.1) is 11.3 Å². The zero-order valence-corrected chi connectivity index (χ0v) is 9.60. The van der Waals surface area contributed by atoms with E-state index in [1.54, 1.807) is 0 Å². The molecule has 0 heterocycles. The third kappa shape index (κ3) is 5.95. The van der Waals surface area contributed by atoms with Gasteiger partial charge in [-0.1, -0.05) is 13.8 Å². The van der Waals surface area contributed by atoms with Gasteiger partial charge in [0.25, 0.3) is 0 Å². The summed E-state index contributed by atoms with van der Waals surface area (Å²) in [5.41, 5.74) is -0.427. The van der Waals surface area contributed by atoms with Crippen molar-refractivity contribution >= 4 is 0 Å². The largest absolute Gasteiger partial charge is 0.381 e. The van der Waals surface area contributed by atoms with Crippen LogP contribution in [0.5, 0.6) is 0 Å². The van der Waals surface area contributed by atoms with Gasteiger partial charge in [-0.2, -0.15) is 5.26 Å². The first kappa shape index (κ1) is 13.4. The topological polar surface area (TPSA) is 45.0 Å². The van der Waals surface area contributed by atoms with Gasteiger partial charge in [-0.05, 0) is 26.3 Å². The van der Waals surface area contributed by atoms with Gasteiger partial charge >= 0.3 is 0 Å². The fourth-order valence-electron chi connectivity index (χ4n) is 1.11. The molecule has 1 N–H and O–H groups in total. The number of nitriles is 1. The molecule has 0 aliphatic rings. The zero-order valence-electron chi connectivity index (χ0n) is 9.60. The standard InChI is InChI=1S/C11H22N2O/c1-4-7-13-11(3,10-12)6-9-14-8-5-2/h13H,4-9H2,1-3H3. The monoisotopic (exact) mass is 198 g/mol. The van der Waals surface area contributed by atoms with Crippen molar-refractivity contribution in [3.8, 4) is 6.07 Å². The van der Waals surface area contributed by atoms with E-state index in [-0.39, 0.29) is 0 Å². The van der Waals surface area contributed by atoms with E-state index in [2.05, 4.69) is 25.2 Å². The fourth-order valence-corrected chi connectivity index (χ4v) is 1.11. The van der Waals surface area contributed by atoms with Gasteiger partial charge in [0.2, 0.25) is 0 Å². The van der Waals surface area contributed by atoms with Crippen LogP contribution in [0.3, 0.4) is 0 Å². The molecule has 1 unspecified atom stereocenters. The van der Waals surface area contributed by atoms with Crippen molar-refractivity contribution in [3.05, 3.63) is 0 Å². The molecule has 3 nitrogen and oxygen atoms in total. The van der Waals surface area contributed by atoms with Crippen molar-refractivity contribution in [1.29, 1.82) is 5.26 Å². The molecular weight excluding hydrogens is 176 g/mol. The number of hydrogen-bond acceptors (Lipinski definition) is 3. The Kier molecular flexibility index (Phi) is 7.45. The molecule has 0 saturated heterocycles. The van der Waals surface area contributed by atoms with E-state index in [0.717, 1.165) is 32.4 Å². The van der Waals surface area contributed by atoms with Gasteiger partial charge in [-0.3, -0.25) is 5.32 Å². The van der Waals surface area contributed by atoms with Crippen LogP contribution in [0.2, 0.25) is 0 Å². The summed E-state index contributed by atoms with van der Waals surface area (Å²) in [5, 5.41) is 12.2. The lowest BCUT2D eigenvalue weighted by molar-refractivity contribution is 0.119. The van der Waals surface area contributed by atoms with Gasteiger partial charge in [-0.25, -0.2) is 0 Å². The molecule has 0 bridgehead atoms. The Morgan fingerprint density at radius 2 is 2.00 bits per heavy atom. The minimum atomic E-state index is -0.427. The molecular formula is C11H22N2O. The van der Waals surface area contributed by atoms with Gasteiger partial charge in [0.05, 0.1) is 6.07 Å². The minimum absolute atomic E-state index is 0.427. The summed E-state index contributed by atoms with van der Waals surface area (Å²) in [5.74, 6) is 0. The second-order valence-electron chi connectivity index (χ2n) is 3.73. The summed E-state index contributed by atoms with van der Waals surface area (Å²) in [6, 6.07) is 2.30. The number of rotatable bonds is 8. The van der Waals surface area contributed by atoms with Crippen LogP contribution in [-0.4, -0.2) is 25.3 Å². The Morgan fingerprint density at radius 3 is 2.50 bits per heavy atom. The summed E-state index contributed by atoms with van der Waals surface area (Å²) >= 11 is 0. The third-order valence-corrected chi connectivity index (χ3v) is 2.11. The van der Waals surface area contributed by atoms with Crippen LogP contribution in [-0.2, 0) is 4.74 Å². The van der Waals surface area contributed by atoms with E-state index < -0.39 is 5.54 Å². The van der Waals surface area contributed by atoms with Crippen LogP contribution < -0.4 is 5.32 Å². The lowest BCUT2D eigenvalue weighted by Crippen LogP contribution is -2.42. The van der Waals surface area contributed by atoms with E-state index in [0.29, 0.717) is 6.61 Å². The van der Waals surface area contributed by atoms with Crippen LogP contribution in [0.15, 0.2) is 0 Å². The van der Waals surface area contributed by atoms with E-state index in [4.69, 9.17) is 10.00 Å². The summed E-state index contributed by atoms with van der Waals surface area (Å²) < 4.78 is 5.37. The first-order valence-electron chi connectivity index (χ1n) is 5.42. The number of nitrogens with one attached hydrogen (secondary N) is 1. The highest BCUT2D eigenvalue weighted by Gasteiger charge is 2.21. The Hall–Kier alpha value is -0.590.